The van der Waals surface area contributed by atoms with Gasteiger partial charge in [0.1, 0.15) is 11.5 Å². The summed E-state index contributed by atoms with van der Waals surface area (Å²) in [5, 5.41) is 7.69. The molecule has 0 aliphatic heterocycles. The lowest BCUT2D eigenvalue weighted by molar-refractivity contribution is -0.132. The van der Waals surface area contributed by atoms with Crippen molar-refractivity contribution < 1.29 is 28.2 Å². The lowest BCUT2D eigenvalue weighted by atomic mass is 10.0. The Morgan fingerprint density at radius 1 is 0.833 bits per heavy atom. The minimum absolute atomic E-state index is 0.110. The molecule has 0 atom stereocenters. The van der Waals surface area contributed by atoms with Crippen molar-refractivity contribution in [2.75, 3.05) is 19.5 Å². The topological polar surface area (TPSA) is 91.7 Å². The zero-order valence-electron chi connectivity index (χ0n) is 23.3. The van der Waals surface area contributed by atoms with E-state index in [0.29, 0.717) is 45.3 Å². The van der Waals surface area contributed by atoms with Crippen LogP contribution in [-0.4, -0.2) is 35.9 Å². The second-order valence-corrected chi connectivity index (χ2v) is 9.37. The number of anilines is 1. The predicted molar refractivity (Wildman–Crippen MR) is 158 cm³/mol. The number of hydrogen-bond acceptors (Lipinski definition) is 6. The number of ether oxygens (including phenoxy) is 3. The van der Waals surface area contributed by atoms with Crippen LogP contribution >= 0.6 is 0 Å². The third kappa shape index (κ3) is 6.15. The second-order valence-electron chi connectivity index (χ2n) is 9.37. The van der Waals surface area contributed by atoms with Gasteiger partial charge in [-0.05, 0) is 59.7 Å². The molecule has 1 heterocycles. The van der Waals surface area contributed by atoms with Crippen molar-refractivity contribution >= 4 is 17.6 Å². The van der Waals surface area contributed by atoms with Crippen molar-refractivity contribution in [3.8, 4) is 45.5 Å². The predicted octanol–water partition coefficient (Wildman–Crippen LogP) is 6.47. The number of benzene rings is 4. The van der Waals surface area contributed by atoms with Gasteiger partial charge in [-0.1, -0.05) is 48.5 Å². The van der Waals surface area contributed by atoms with Crippen molar-refractivity contribution in [3.05, 3.63) is 108 Å². The molecule has 1 amide bonds. The number of amides is 1. The Kier molecular flexibility index (Phi) is 8.29. The average molecular weight is 566 g/mol. The van der Waals surface area contributed by atoms with Crippen LogP contribution in [0.15, 0.2) is 97.1 Å². The summed E-state index contributed by atoms with van der Waals surface area (Å²) < 4.78 is 32.2. The summed E-state index contributed by atoms with van der Waals surface area (Å²) in [6.07, 6.45) is 0.239. The third-order valence-corrected chi connectivity index (χ3v) is 6.46. The first kappa shape index (κ1) is 28.1. The first-order chi connectivity index (χ1) is 20.4. The maximum Gasteiger partial charge on any atom is 0.309 e. The molecule has 5 rings (SSSR count). The molecule has 0 spiro atoms. The van der Waals surface area contributed by atoms with Gasteiger partial charge in [0.05, 0.1) is 31.9 Å². The minimum atomic E-state index is -0.572. The number of carbonyl (C=O) groups is 2. The number of nitrogens with one attached hydrogen (secondary N) is 1. The quantitative estimate of drug-likeness (QED) is 0.206. The maximum atomic E-state index is 14.3. The highest BCUT2D eigenvalue weighted by molar-refractivity contribution is 5.93. The number of esters is 1. The average Bonchev–Trinajstić information content (AvgIpc) is 3.36. The fourth-order valence-electron chi connectivity index (χ4n) is 4.57. The number of nitrogens with zero attached hydrogens (tertiary/aromatic N) is 2. The van der Waals surface area contributed by atoms with Crippen molar-refractivity contribution in [2.45, 2.75) is 13.3 Å². The molecule has 0 unspecified atom stereocenters. The van der Waals surface area contributed by atoms with Crippen LogP contribution in [0, 0.1) is 5.82 Å². The van der Waals surface area contributed by atoms with Gasteiger partial charge < -0.3 is 19.5 Å². The van der Waals surface area contributed by atoms with Crippen molar-refractivity contribution in [1.29, 1.82) is 0 Å². The molecule has 0 saturated heterocycles. The van der Waals surface area contributed by atoms with E-state index in [1.54, 1.807) is 61.7 Å². The summed E-state index contributed by atoms with van der Waals surface area (Å²) in [4.78, 5) is 24.9. The van der Waals surface area contributed by atoms with Crippen molar-refractivity contribution in [1.82, 2.24) is 9.78 Å². The van der Waals surface area contributed by atoms with Gasteiger partial charge in [0.2, 0.25) is 11.8 Å². The standard InChI is InChI=1S/C33H28FN3O5/c1-21(38)42-33-31(23-12-15-26(16-13-23)35-30(39)18-22-8-5-4-6-9-22)32(24-14-17-28(40-2)29(19-24)41-3)36-37(33)27-11-7-10-25(34)20-27/h4-17,19-20H,18H2,1-3H3,(H,35,39). The molecule has 1 aromatic heterocycles. The van der Waals surface area contributed by atoms with Gasteiger partial charge >= 0.3 is 5.97 Å². The highest BCUT2D eigenvalue weighted by atomic mass is 19.1. The SMILES string of the molecule is COc1ccc(-c2nn(-c3cccc(F)c3)c(OC(C)=O)c2-c2ccc(NC(=O)Cc3ccccc3)cc2)cc1OC. The van der Waals surface area contributed by atoms with Gasteiger partial charge in [-0.2, -0.15) is 9.78 Å². The van der Waals surface area contributed by atoms with Crippen molar-refractivity contribution in [2.24, 2.45) is 0 Å². The number of rotatable bonds is 9. The Morgan fingerprint density at radius 3 is 2.21 bits per heavy atom. The van der Waals surface area contributed by atoms with E-state index in [2.05, 4.69) is 5.32 Å². The van der Waals surface area contributed by atoms with Gasteiger partial charge in [-0.3, -0.25) is 9.59 Å². The van der Waals surface area contributed by atoms with E-state index in [0.717, 1.165) is 5.56 Å². The van der Waals surface area contributed by atoms with Crippen LogP contribution in [0.25, 0.3) is 28.1 Å². The van der Waals surface area contributed by atoms with Crippen LogP contribution < -0.4 is 19.5 Å². The number of carbonyl (C=O) groups excluding carboxylic acids is 2. The fourth-order valence-corrected chi connectivity index (χ4v) is 4.57. The molecule has 42 heavy (non-hydrogen) atoms. The number of methoxy groups -OCH3 is 2. The third-order valence-electron chi connectivity index (χ3n) is 6.46. The first-order valence-corrected chi connectivity index (χ1v) is 13.1. The Labute approximate surface area is 242 Å². The van der Waals surface area contributed by atoms with Gasteiger partial charge in [0.15, 0.2) is 11.5 Å². The normalized spacial score (nSPS) is 10.7. The van der Waals surface area contributed by atoms with Gasteiger partial charge in [0.25, 0.3) is 0 Å². The smallest absolute Gasteiger partial charge is 0.309 e. The zero-order chi connectivity index (χ0) is 29.6. The van der Waals surface area contributed by atoms with Crippen LogP contribution in [0.4, 0.5) is 10.1 Å². The van der Waals surface area contributed by atoms with Crippen LogP contribution in [0.5, 0.6) is 17.4 Å². The summed E-state index contributed by atoms with van der Waals surface area (Å²) in [7, 11) is 3.07. The summed E-state index contributed by atoms with van der Waals surface area (Å²) in [5.41, 5.74) is 4.11. The van der Waals surface area contributed by atoms with Crippen LogP contribution in [0.1, 0.15) is 12.5 Å². The Morgan fingerprint density at radius 2 is 1.55 bits per heavy atom. The van der Waals surface area contributed by atoms with E-state index in [4.69, 9.17) is 19.3 Å². The van der Waals surface area contributed by atoms with E-state index < -0.39 is 11.8 Å². The van der Waals surface area contributed by atoms with E-state index in [-0.39, 0.29) is 18.2 Å². The Hall–Kier alpha value is -5.44. The van der Waals surface area contributed by atoms with E-state index in [9.17, 15) is 14.0 Å². The molecule has 0 aliphatic carbocycles. The molecular formula is C33H28FN3O5. The van der Waals surface area contributed by atoms with Crippen molar-refractivity contribution in [3.63, 3.8) is 0 Å². The molecule has 1 N–H and O–H groups in total. The molecule has 0 bridgehead atoms. The number of halogens is 1. The van der Waals surface area contributed by atoms with Gasteiger partial charge in [0, 0.05) is 18.2 Å². The lowest BCUT2D eigenvalue weighted by Gasteiger charge is -2.11. The molecule has 5 aromatic rings. The maximum absolute atomic E-state index is 14.3. The molecule has 0 saturated carbocycles. The van der Waals surface area contributed by atoms with Crippen LogP contribution in [0.3, 0.4) is 0 Å². The molecule has 4 aromatic carbocycles. The summed E-state index contributed by atoms with van der Waals surface area (Å²) >= 11 is 0. The minimum Gasteiger partial charge on any atom is -0.493 e. The van der Waals surface area contributed by atoms with E-state index >= 15 is 0 Å². The van der Waals surface area contributed by atoms with E-state index in [1.807, 2.05) is 30.3 Å². The van der Waals surface area contributed by atoms with E-state index in [1.165, 1.54) is 30.8 Å². The molecule has 0 fully saturated rings. The molecule has 0 aliphatic rings. The summed E-state index contributed by atoms with van der Waals surface area (Å²) in [6.45, 7) is 1.29. The van der Waals surface area contributed by atoms with Gasteiger partial charge in [-0.25, -0.2) is 4.39 Å². The zero-order valence-corrected chi connectivity index (χ0v) is 23.3. The number of aromatic nitrogens is 2. The van der Waals surface area contributed by atoms with Crippen LogP contribution in [0.2, 0.25) is 0 Å². The highest BCUT2D eigenvalue weighted by Crippen LogP contribution is 2.43. The van der Waals surface area contributed by atoms with Crippen LogP contribution in [-0.2, 0) is 16.0 Å². The lowest BCUT2D eigenvalue weighted by Crippen LogP contribution is -2.14. The Bertz CT molecular complexity index is 1730. The second kappa shape index (κ2) is 12.4. The molecule has 9 heteroatoms. The molecular weight excluding hydrogens is 537 g/mol. The first-order valence-electron chi connectivity index (χ1n) is 13.1. The molecule has 212 valence electrons. The number of hydrogen-bond donors (Lipinski definition) is 1. The summed E-state index contributed by atoms with van der Waals surface area (Å²) in [6, 6.07) is 27.7. The molecule has 0 radical (unpaired) electrons. The monoisotopic (exact) mass is 565 g/mol. The van der Waals surface area contributed by atoms with Gasteiger partial charge in [-0.15, -0.1) is 0 Å². The highest BCUT2D eigenvalue weighted by Gasteiger charge is 2.25. The summed E-state index contributed by atoms with van der Waals surface area (Å²) in [5.74, 6) is -0.0766. The fraction of sp³-hybridized carbons (Fsp3) is 0.121. The Balaban J connectivity index is 1.60. The molecule has 8 nitrogen and oxygen atoms in total. The largest absolute Gasteiger partial charge is 0.493 e.